The van der Waals surface area contributed by atoms with Crippen molar-refractivity contribution >= 4 is 28.7 Å². The van der Waals surface area contributed by atoms with E-state index in [9.17, 15) is 0 Å². The second-order valence-electron chi connectivity index (χ2n) is 5.05. The molecule has 1 heterocycles. The van der Waals surface area contributed by atoms with E-state index in [1.54, 1.807) is 7.11 Å². The highest BCUT2D eigenvalue weighted by atomic mass is 32.1. The fourth-order valence-corrected chi connectivity index (χ4v) is 2.61. The molecule has 4 nitrogen and oxygen atoms in total. The van der Waals surface area contributed by atoms with E-state index in [-0.39, 0.29) is 6.04 Å². The maximum absolute atomic E-state index is 5.74. The van der Waals surface area contributed by atoms with Crippen molar-refractivity contribution in [1.29, 1.82) is 0 Å². The summed E-state index contributed by atoms with van der Waals surface area (Å²) in [5.41, 5.74) is 9.63. The first-order valence-electron chi connectivity index (χ1n) is 6.95. The molecule has 112 valence electrons. The number of hydrogen-bond donors (Lipinski definition) is 3. The molecule has 1 aliphatic heterocycles. The normalized spacial score (nSPS) is 17.2. The number of hydrogen-bond acceptors (Lipinski definition) is 3. The van der Waals surface area contributed by atoms with Crippen molar-refractivity contribution in [2.75, 3.05) is 12.8 Å². The van der Waals surface area contributed by atoms with Crippen molar-refractivity contribution in [3.63, 3.8) is 0 Å². The highest BCUT2D eigenvalue weighted by Crippen LogP contribution is 2.25. The van der Waals surface area contributed by atoms with Gasteiger partial charge in [0.1, 0.15) is 5.75 Å². The van der Waals surface area contributed by atoms with Crippen LogP contribution in [0.15, 0.2) is 54.6 Å². The second kappa shape index (κ2) is 6.07. The zero-order valence-electron chi connectivity index (χ0n) is 12.2. The molecule has 2 aromatic rings. The second-order valence-corrected chi connectivity index (χ2v) is 5.46. The van der Waals surface area contributed by atoms with Gasteiger partial charge in [-0.3, -0.25) is 0 Å². The lowest BCUT2D eigenvalue weighted by atomic mass is 10.0. The lowest BCUT2D eigenvalue weighted by molar-refractivity contribution is 0.414. The van der Waals surface area contributed by atoms with Crippen molar-refractivity contribution < 1.29 is 4.74 Å². The summed E-state index contributed by atoms with van der Waals surface area (Å²) in [6.07, 6.45) is 2.11. The van der Waals surface area contributed by atoms with Crippen LogP contribution in [0.1, 0.15) is 17.2 Å². The number of nitrogen functional groups attached to an aromatic ring is 1. The van der Waals surface area contributed by atoms with Gasteiger partial charge >= 0.3 is 0 Å². The molecule has 0 radical (unpaired) electrons. The maximum atomic E-state index is 5.74. The molecule has 1 unspecified atom stereocenters. The minimum atomic E-state index is 0.0206. The van der Waals surface area contributed by atoms with Gasteiger partial charge in [0.25, 0.3) is 0 Å². The average molecular weight is 311 g/mol. The third-order valence-electron chi connectivity index (χ3n) is 3.56. The van der Waals surface area contributed by atoms with Gasteiger partial charge in [-0.25, -0.2) is 0 Å². The monoisotopic (exact) mass is 311 g/mol. The van der Waals surface area contributed by atoms with Crippen LogP contribution < -0.4 is 21.1 Å². The highest BCUT2D eigenvalue weighted by Gasteiger charge is 2.18. The molecule has 0 saturated carbocycles. The van der Waals surface area contributed by atoms with E-state index in [1.165, 1.54) is 0 Å². The molecule has 3 rings (SSSR count). The van der Waals surface area contributed by atoms with Crippen LogP contribution in [-0.2, 0) is 0 Å². The molecule has 0 fully saturated rings. The summed E-state index contributed by atoms with van der Waals surface area (Å²) in [5.74, 6) is 0.836. The van der Waals surface area contributed by atoms with E-state index in [4.69, 9.17) is 22.7 Å². The van der Waals surface area contributed by atoms with Crippen LogP contribution in [0.5, 0.6) is 5.75 Å². The van der Waals surface area contributed by atoms with Crippen molar-refractivity contribution in [1.82, 2.24) is 10.6 Å². The molecule has 0 amide bonds. The van der Waals surface area contributed by atoms with Crippen LogP contribution in [0.25, 0.3) is 5.70 Å². The number of ether oxygens (including phenoxy) is 1. The summed E-state index contributed by atoms with van der Waals surface area (Å²) in [4.78, 5) is 0. The third-order valence-corrected chi connectivity index (χ3v) is 3.78. The smallest absolute Gasteiger partial charge is 0.171 e. The molecular formula is C17H17N3OS. The van der Waals surface area contributed by atoms with E-state index in [0.717, 1.165) is 28.3 Å². The van der Waals surface area contributed by atoms with E-state index in [1.807, 2.05) is 48.5 Å². The Morgan fingerprint density at radius 3 is 2.36 bits per heavy atom. The Morgan fingerprint density at radius 1 is 1.05 bits per heavy atom. The molecule has 0 aromatic heterocycles. The van der Waals surface area contributed by atoms with Gasteiger partial charge in [-0.1, -0.05) is 24.3 Å². The summed E-state index contributed by atoms with van der Waals surface area (Å²) in [5, 5.41) is 7.06. The largest absolute Gasteiger partial charge is 0.497 e. The van der Waals surface area contributed by atoms with Gasteiger partial charge in [0.15, 0.2) is 5.11 Å². The molecule has 4 N–H and O–H groups in total. The van der Waals surface area contributed by atoms with Crippen LogP contribution in [-0.4, -0.2) is 12.2 Å². The SMILES string of the molecule is COc1ccc(C2C=C(c3ccc(N)cc3)NC(=S)N2)cc1. The topological polar surface area (TPSA) is 59.3 Å². The first kappa shape index (κ1) is 14.4. The van der Waals surface area contributed by atoms with Crippen molar-refractivity contribution in [2.24, 2.45) is 0 Å². The Hall–Kier alpha value is -2.53. The first-order chi connectivity index (χ1) is 10.7. The number of nitrogens with one attached hydrogen (secondary N) is 2. The molecule has 1 aliphatic rings. The van der Waals surface area contributed by atoms with Gasteiger partial charge in [-0.05, 0) is 53.7 Å². The third kappa shape index (κ3) is 3.04. The molecule has 1 atom stereocenters. The molecule has 0 spiro atoms. The first-order valence-corrected chi connectivity index (χ1v) is 7.36. The average Bonchev–Trinajstić information content (AvgIpc) is 2.55. The van der Waals surface area contributed by atoms with Gasteiger partial charge in [0.05, 0.1) is 13.2 Å². The van der Waals surface area contributed by atoms with Crippen molar-refractivity contribution in [2.45, 2.75) is 6.04 Å². The summed E-state index contributed by atoms with van der Waals surface area (Å²) >= 11 is 5.32. The Balaban J connectivity index is 1.92. The van der Waals surface area contributed by atoms with Crippen LogP contribution in [0, 0.1) is 0 Å². The molecule has 2 aromatic carbocycles. The van der Waals surface area contributed by atoms with Crippen molar-refractivity contribution in [3.8, 4) is 5.75 Å². The summed E-state index contributed by atoms with van der Waals surface area (Å²) < 4.78 is 5.19. The van der Waals surface area contributed by atoms with E-state index in [0.29, 0.717) is 5.11 Å². The molecule has 22 heavy (non-hydrogen) atoms. The Morgan fingerprint density at radius 2 is 1.73 bits per heavy atom. The fourth-order valence-electron chi connectivity index (χ4n) is 2.37. The summed E-state index contributed by atoms with van der Waals surface area (Å²) in [7, 11) is 1.66. The maximum Gasteiger partial charge on any atom is 0.171 e. The van der Waals surface area contributed by atoms with E-state index >= 15 is 0 Å². The minimum absolute atomic E-state index is 0.0206. The number of methoxy groups -OCH3 is 1. The number of benzene rings is 2. The Bertz CT molecular complexity index is 708. The standard InChI is InChI=1S/C17H17N3OS/c1-21-14-8-4-12(5-9-14)16-10-15(19-17(22)20-16)11-2-6-13(18)7-3-11/h2-10,16H,18H2,1H3,(H2,19,20,22). The zero-order chi connectivity index (χ0) is 15.5. The predicted molar refractivity (Wildman–Crippen MR) is 93.4 cm³/mol. The van der Waals surface area contributed by atoms with Crippen molar-refractivity contribution in [3.05, 3.63) is 65.7 Å². The number of nitrogens with two attached hydrogens (primary N) is 1. The Labute approximate surface area is 135 Å². The van der Waals surface area contributed by atoms with Crippen LogP contribution in [0.3, 0.4) is 0 Å². The fraction of sp³-hybridized carbons (Fsp3) is 0.118. The minimum Gasteiger partial charge on any atom is -0.497 e. The van der Waals surface area contributed by atoms with Gasteiger partial charge < -0.3 is 21.1 Å². The summed E-state index contributed by atoms with van der Waals surface area (Å²) in [6, 6.07) is 15.7. The number of rotatable bonds is 3. The van der Waals surface area contributed by atoms with Gasteiger partial charge in [-0.2, -0.15) is 0 Å². The number of thiocarbonyl (C=S) groups is 1. The number of anilines is 1. The summed E-state index contributed by atoms with van der Waals surface area (Å²) in [6.45, 7) is 0. The molecule has 0 aliphatic carbocycles. The van der Waals surface area contributed by atoms with Crippen LogP contribution in [0.4, 0.5) is 5.69 Å². The van der Waals surface area contributed by atoms with Crippen LogP contribution >= 0.6 is 12.2 Å². The van der Waals surface area contributed by atoms with E-state index in [2.05, 4.69) is 16.7 Å². The van der Waals surface area contributed by atoms with Gasteiger partial charge in [0, 0.05) is 11.4 Å². The van der Waals surface area contributed by atoms with Gasteiger partial charge in [-0.15, -0.1) is 0 Å². The quantitative estimate of drug-likeness (QED) is 0.601. The zero-order valence-corrected chi connectivity index (χ0v) is 13.0. The predicted octanol–water partition coefficient (Wildman–Crippen LogP) is 2.84. The van der Waals surface area contributed by atoms with Crippen LogP contribution in [0.2, 0.25) is 0 Å². The lowest BCUT2D eigenvalue weighted by Crippen LogP contribution is -2.40. The molecular weight excluding hydrogens is 294 g/mol. The molecule has 0 bridgehead atoms. The molecule has 0 saturated heterocycles. The lowest BCUT2D eigenvalue weighted by Gasteiger charge is -2.26. The highest BCUT2D eigenvalue weighted by molar-refractivity contribution is 7.80. The Kier molecular flexibility index (Phi) is 3.98. The van der Waals surface area contributed by atoms with Gasteiger partial charge in [0.2, 0.25) is 0 Å². The van der Waals surface area contributed by atoms with E-state index < -0.39 is 0 Å². The molecule has 5 heteroatoms.